The van der Waals surface area contributed by atoms with Gasteiger partial charge in [0.1, 0.15) is 0 Å². The van der Waals surface area contributed by atoms with Crippen molar-refractivity contribution in [1.29, 1.82) is 0 Å². The van der Waals surface area contributed by atoms with Gasteiger partial charge in [-0.1, -0.05) is 12.2 Å². The first-order chi connectivity index (χ1) is 6.68. The van der Waals surface area contributed by atoms with Gasteiger partial charge in [-0.05, 0) is 6.08 Å². The molecule has 0 aromatic heterocycles. The van der Waals surface area contributed by atoms with Crippen LogP contribution in [0.4, 0.5) is 0 Å². The highest BCUT2D eigenvalue weighted by Crippen LogP contribution is 2.18. The second-order valence-electron chi connectivity index (χ2n) is 3.00. The molecular formula is C10H7NO3. The van der Waals surface area contributed by atoms with Crippen LogP contribution in [-0.2, 0) is 14.4 Å². The van der Waals surface area contributed by atoms with Crippen LogP contribution in [-0.4, -0.2) is 17.5 Å². The minimum atomic E-state index is -0.533. The van der Waals surface area contributed by atoms with Crippen LogP contribution in [0.1, 0.15) is 6.42 Å². The number of nitrogens with one attached hydrogen (secondary N) is 1. The van der Waals surface area contributed by atoms with Crippen LogP contribution >= 0.6 is 0 Å². The minimum absolute atomic E-state index is 0.0613. The Hall–Kier alpha value is -1.97. The predicted molar refractivity (Wildman–Crippen MR) is 48.1 cm³/mol. The smallest absolute Gasteiger partial charge is 0.248 e. The summed E-state index contributed by atoms with van der Waals surface area (Å²) in [7, 11) is 0. The molecule has 0 unspecified atom stereocenters. The fourth-order valence-corrected chi connectivity index (χ4v) is 1.36. The van der Waals surface area contributed by atoms with Gasteiger partial charge in [0, 0.05) is 23.8 Å². The van der Waals surface area contributed by atoms with Gasteiger partial charge in [0.15, 0.2) is 0 Å². The van der Waals surface area contributed by atoms with E-state index in [0.29, 0.717) is 5.70 Å². The first-order valence-corrected chi connectivity index (χ1v) is 4.16. The quantitative estimate of drug-likeness (QED) is 0.546. The highest BCUT2D eigenvalue weighted by Gasteiger charge is 2.26. The lowest BCUT2D eigenvalue weighted by atomic mass is 9.96. The Balaban J connectivity index is 2.46. The van der Waals surface area contributed by atoms with Crippen molar-refractivity contribution in [1.82, 2.24) is 5.32 Å². The fraction of sp³-hybridized carbons (Fsp3) is 0.100. The molecule has 0 radical (unpaired) electrons. The molecule has 1 N–H and O–H groups in total. The molecular weight excluding hydrogens is 182 g/mol. The molecule has 2 aliphatic rings. The second kappa shape index (κ2) is 3.06. The molecule has 0 atom stereocenters. The molecule has 0 bridgehead atoms. The van der Waals surface area contributed by atoms with Gasteiger partial charge in [-0.25, -0.2) is 0 Å². The molecule has 0 aromatic rings. The van der Waals surface area contributed by atoms with Crippen LogP contribution in [0.2, 0.25) is 0 Å². The highest BCUT2D eigenvalue weighted by atomic mass is 16.2. The number of carbonyl (C=O) groups is 3. The van der Waals surface area contributed by atoms with E-state index in [9.17, 15) is 14.4 Å². The van der Waals surface area contributed by atoms with Crippen molar-refractivity contribution < 1.29 is 14.4 Å². The van der Waals surface area contributed by atoms with Gasteiger partial charge in [0.2, 0.25) is 17.5 Å². The SMILES string of the molecule is O=C1C=CC=C2C(=O)C(=O)CC=C2N1. The summed E-state index contributed by atoms with van der Waals surface area (Å²) in [5.74, 6) is -1.26. The number of Topliss-reactive ketones (excluding diaryl/α,β-unsaturated/α-hetero) is 2. The van der Waals surface area contributed by atoms with Crippen LogP contribution in [0, 0.1) is 0 Å². The lowest BCUT2D eigenvalue weighted by molar-refractivity contribution is -0.134. The van der Waals surface area contributed by atoms with Crippen LogP contribution < -0.4 is 5.32 Å². The van der Waals surface area contributed by atoms with Crippen LogP contribution in [0.25, 0.3) is 0 Å². The molecule has 0 fully saturated rings. The van der Waals surface area contributed by atoms with Crippen molar-refractivity contribution >= 4 is 17.5 Å². The van der Waals surface area contributed by atoms with Crippen LogP contribution in [0.15, 0.2) is 35.6 Å². The average molecular weight is 189 g/mol. The molecule has 14 heavy (non-hydrogen) atoms. The molecule has 4 heteroatoms. The summed E-state index contributed by atoms with van der Waals surface area (Å²) in [6.07, 6.45) is 5.86. The Morgan fingerprint density at radius 3 is 2.79 bits per heavy atom. The van der Waals surface area contributed by atoms with Crippen molar-refractivity contribution in [3.8, 4) is 0 Å². The zero-order valence-corrected chi connectivity index (χ0v) is 7.24. The molecule has 0 saturated heterocycles. The molecule has 1 aliphatic carbocycles. The average Bonchev–Trinajstić information content (AvgIpc) is 2.34. The third-order valence-electron chi connectivity index (χ3n) is 2.05. The van der Waals surface area contributed by atoms with Crippen molar-refractivity contribution in [2.75, 3.05) is 0 Å². The van der Waals surface area contributed by atoms with E-state index in [1.807, 2.05) is 0 Å². The standard InChI is InChI=1S/C10H7NO3/c12-8-5-4-7-6(10(8)14)2-1-3-9(13)11-7/h1-4H,5H2,(H,11,13). The molecule has 70 valence electrons. The van der Waals surface area contributed by atoms with Crippen LogP contribution in [0.3, 0.4) is 0 Å². The van der Waals surface area contributed by atoms with E-state index in [0.717, 1.165) is 0 Å². The fourth-order valence-electron chi connectivity index (χ4n) is 1.36. The zero-order chi connectivity index (χ0) is 10.1. The van der Waals surface area contributed by atoms with Crippen molar-refractivity contribution in [3.05, 3.63) is 35.6 Å². The Bertz CT molecular complexity index is 427. The molecule has 2 rings (SSSR count). The Labute approximate surface area is 80.0 Å². The number of amides is 1. The molecule has 0 saturated carbocycles. The number of rotatable bonds is 0. The number of carbonyl (C=O) groups excluding carboxylic acids is 3. The topological polar surface area (TPSA) is 63.2 Å². The van der Waals surface area contributed by atoms with Gasteiger partial charge in [-0.15, -0.1) is 0 Å². The minimum Gasteiger partial charge on any atom is -0.322 e. The third kappa shape index (κ3) is 1.31. The van der Waals surface area contributed by atoms with Gasteiger partial charge in [-0.3, -0.25) is 14.4 Å². The van der Waals surface area contributed by atoms with Gasteiger partial charge < -0.3 is 5.32 Å². The van der Waals surface area contributed by atoms with Crippen molar-refractivity contribution in [2.45, 2.75) is 6.42 Å². The third-order valence-corrected chi connectivity index (χ3v) is 2.05. The summed E-state index contributed by atoms with van der Waals surface area (Å²) >= 11 is 0. The summed E-state index contributed by atoms with van der Waals surface area (Å²) in [6.45, 7) is 0. The van der Waals surface area contributed by atoms with E-state index in [1.54, 1.807) is 6.08 Å². The van der Waals surface area contributed by atoms with Crippen LogP contribution in [0.5, 0.6) is 0 Å². The zero-order valence-electron chi connectivity index (χ0n) is 7.24. The molecule has 1 amide bonds. The molecule has 0 spiro atoms. The summed E-state index contributed by atoms with van der Waals surface area (Å²) in [6, 6.07) is 0. The van der Waals surface area contributed by atoms with E-state index in [1.165, 1.54) is 18.2 Å². The highest BCUT2D eigenvalue weighted by molar-refractivity contribution is 6.46. The normalized spacial score (nSPS) is 20.7. The number of hydrogen-bond acceptors (Lipinski definition) is 3. The molecule has 1 heterocycles. The number of hydrogen-bond donors (Lipinski definition) is 1. The van der Waals surface area contributed by atoms with E-state index in [-0.39, 0.29) is 17.9 Å². The lowest BCUT2D eigenvalue weighted by Gasteiger charge is -2.13. The number of fused-ring (bicyclic) bond motifs is 1. The molecule has 1 aliphatic heterocycles. The van der Waals surface area contributed by atoms with E-state index >= 15 is 0 Å². The lowest BCUT2D eigenvalue weighted by Crippen LogP contribution is -2.29. The van der Waals surface area contributed by atoms with E-state index in [2.05, 4.69) is 5.32 Å². The summed E-state index contributed by atoms with van der Waals surface area (Å²) < 4.78 is 0. The van der Waals surface area contributed by atoms with E-state index in [4.69, 9.17) is 0 Å². The first kappa shape index (κ1) is 8.62. The Kier molecular flexibility index (Phi) is 1.89. The largest absolute Gasteiger partial charge is 0.322 e. The first-order valence-electron chi connectivity index (χ1n) is 4.16. The summed E-state index contributed by atoms with van der Waals surface area (Å²) in [4.78, 5) is 33.5. The van der Waals surface area contributed by atoms with Crippen molar-refractivity contribution in [3.63, 3.8) is 0 Å². The van der Waals surface area contributed by atoms with Gasteiger partial charge in [0.05, 0.1) is 0 Å². The van der Waals surface area contributed by atoms with Gasteiger partial charge in [0.25, 0.3) is 0 Å². The Morgan fingerprint density at radius 1 is 1.21 bits per heavy atom. The number of ketones is 2. The number of allylic oxidation sites excluding steroid dienone is 4. The maximum atomic E-state index is 11.4. The maximum Gasteiger partial charge on any atom is 0.248 e. The summed E-state index contributed by atoms with van der Waals surface area (Å²) in [5.41, 5.74) is 0.702. The van der Waals surface area contributed by atoms with E-state index < -0.39 is 11.6 Å². The van der Waals surface area contributed by atoms with Gasteiger partial charge in [-0.2, -0.15) is 0 Å². The monoisotopic (exact) mass is 189 g/mol. The Morgan fingerprint density at radius 2 is 2.00 bits per heavy atom. The predicted octanol–water partition coefficient (Wildman–Crippen LogP) is 0.0246. The van der Waals surface area contributed by atoms with Crippen molar-refractivity contribution in [2.24, 2.45) is 0 Å². The summed E-state index contributed by atoms with van der Waals surface area (Å²) in [5, 5.41) is 2.53. The second-order valence-corrected chi connectivity index (χ2v) is 3.00. The van der Waals surface area contributed by atoms with Gasteiger partial charge >= 0.3 is 0 Å². The maximum absolute atomic E-state index is 11.4. The molecule has 0 aromatic carbocycles. The molecule has 4 nitrogen and oxygen atoms in total.